The number of nitrogens with zero attached hydrogens (tertiary/aromatic N) is 2. The first-order valence-electron chi connectivity index (χ1n) is 7.62. The Balaban J connectivity index is 1.91. The summed E-state index contributed by atoms with van der Waals surface area (Å²) in [7, 11) is 0. The minimum Gasteiger partial charge on any atom is -0.341 e. The lowest BCUT2D eigenvalue weighted by atomic mass is 10.0. The lowest BCUT2D eigenvalue weighted by Gasteiger charge is -2.30. The van der Waals surface area contributed by atoms with Gasteiger partial charge in [0.2, 0.25) is 5.91 Å². The minimum atomic E-state index is 0.0839. The Bertz CT molecular complexity index is 274. The molecule has 3 atom stereocenters. The van der Waals surface area contributed by atoms with E-state index in [1.165, 1.54) is 25.7 Å². The molecule has 2 heterocycles. The first-order chi connectivity index (χ1) is 8.59. The van der Waals surface area contributed by atoms with Crippen LogP contribution in [0.3, 0.4) is 0 Å². The maximum atomic E-state index is 12.5. The van der Waals surface area contributed by atoms with Gasteiger partial charge in [-0.3, -0.25) is 9.69 Å². The number of hydrogen-bond acceptors (Lipinski definition) is 2. The van der Waals surface area contributed by atoms with Crippen LogP contribution in [-0.2, 0) is 4.79 Å². The van der Waals surface area contributed by atoms with Crippen LogP contribution in [0.2, 0.25) is 0 Å². The number of hydrogen-bond donors (Lipinski definition) is 0. The predicted octanol–water partition coefficient (Wildman–Crippen LogP) is 2.37. The van der Waals surface area contributed by atoms with Gasteiger partial charge in [0.05, 0.1) is 6.04 Å². The van der Waals surface area contributed by atoms with Crippen LogP contribution >= 0.6 is 0 Å². The Morgan fingerprint density at radius 1 is 1.00 bits per heavy atom. The van der Waals surface area contributed by atoms with Gasteiger partial charge in [0.25, 0.3) is 0 Å². The molecule has 0 aromatic heterocycles. The zero-order valence-electron chi connectivity index (χ0n) is 12.2. The second-order valence-electron chi connectivity index (χ2n) is 6.32. The molecule has 0 radical (unpaired) electrons. The number of carbonyl (C=O) groups is 1. The van der Waals surface area contributed by atoms with E-state index < -0.39 is 0 Å². The van der Waals surface area contributed by atoms with Crippen molar-refractivity contribution in [3.05, 3.63) is 0 Å². The van der Waals surface area contributed by atoms with Crippen molar-refractivity contribution in [3.8, 4) is 0 Å². The monoisotopic (exact) mass is 252 g/mol. The van der Waals surface area contributed by atoms with Crippen molar-refractivity contribution in [1.82, 2.24) is 9.80 Å². The standard InChI is InChI=1S/C15H28N2O/c1-12-10-17(11-13(12)2)15(18)14(3)16-8-6-4-5-7-9-16/h12-14H,4-11H2,1-3H3/t12-,13+,14-/m0/s1. The molecule has 104 valence electrons. The third-order valence-electron chi connectivity index (χ3n) is 4.85. The largest absolute Gasteiger partial charge is 0.341 e. The van der Waals surface area contributed by atoms with Crippen molar-refractivity contribution < 1.29 is 4.79 Å². The van der Waals surface area contributed by atoms with Crippen LogP contribution in [-0.4, -0.2) is 47.9 Å². The third kappa shape index (κ3) is 3.05. The van der Waals surface area contributed by atoms with Gasteiger partial charge >= 0.3 is 0 Å². The molecule has 2 saturated heterocycles. The van der Waals surface area contributed by atoms with Crippen LogP contribution in [0, 0.1) is 11.8 Å². The van der Waals surface area contributed by atoms with Gasteiger partial charge in [0.15, 0.2) is 0 Å². The van der Waals surface area contributed by atoms with Crippen LogP contribution in [0.4, 0.5) is 0 Å². The Morgan fingerprint density at radius 2 is 1.50 bits per heavy atom. The van der Waals surface area contributed by atoms with Gasteiger partial charge < -0.3 is 4.90 Å². The average molecular weight is 252 g/mol. The SMILES string of the molecule is C[C@@H]1CN(C(=O)[C@H](C)N2CCCCCC2)C[C@@H]1C. The van der Waals surface area contributed by atoms with E-state index in [0.717, 1.165) is 26.2 Å². The average Bonchev–Trinajstić information content (AvgIpc) is 2.61. The summed E-state index contributed by atoms with van der Waals surface area (Å²) in [4.78, 5) is 17.0. The molecule has 0 N–H and O–H groups in total. The molecular weight excluding hydrogens is 224 g/mol. The number of carbonyl (C=O) groups excluding carboxylic acids is 1. The quantitative estimate of drug-likeness (QED) is 0.753. The molecule has 2 fully saturated rings. The summed E-state index contributed by atoms with van der Waals surface area (Å²) in [6, 6.07) is 0.0839. The smallest absolute Gasteiger partial charge is 0.239 e. The van der Waals surface area contributed by atoms with Crippen molar-refractivity contribution in [1.29, 1.82) is 0 Å². The van der Waals surface area contributed by atoms with Crippen LogP contribution in [0.5, 0.6) is 0 Å². The van der Waals surface area contributed by atoms with E-state index in [0.29, 0.717) is 17.7 Å². The van der Waals surface area contributed by atoms with Crippen LogP contribution < -0.4 is 0 Å². The van der Waals surface area contributed by atoms with Crippen LogP contribution in [0.15, 0.2) is 0 Å². The minimum absolute atomic E-state index is 0.0839. The van der Waals surface area contributed by atoms with Crippen molar-refractivity contribution in [2.75, 3.05) is 26.2 Å². The lowest BCUT2D eigenvalue weighted by Crippen LogP contribution is -2.46. The van der Waals surface area contributed by atoms with Gasteiger partial charge in [-0.2, -0.15) is 0 Å². The van der Waals surface area contributed by atoms with E-state index in [4.69, 9.17) is 0 Å². The van der Waals surface area contributed by atoms with Crippen LogP contribution in [0.25, 0.3) is 0 Å². The molecule has 0 saturated carbocycles. The molecule has 0 aliphatic carbocycles. The highest BCUT2D eigenvalue weighted by molar-refractivity contribution is 5.81. The number of amides is 1. The number of rotatable bonds is 2. The Labute approximate surface area is 112 Å². The predicted molar refractivity (Wildman–Crippen MR) is 74.4 cm³/mol. The van der Waals surface area contributed by atoms with E-state index in [1.807, 2.05) is 0 Å². The van der Waals surface area contributed by atoms with E-state index in [1.54, 1.807) is 0 Å². The van der Waals surface area contributed by atoms with E-state index in [-0.39, 0.29) is 6.04 Å². The van der Waals surface area contributed by atoms with Gasteiger partial charge in [-0.05, 0) is 44.7 Å². The van der Waals surface area contributed by atoms with E-state index >= 15 is 0 Å². The van der Waals surface area contributed by atoms with Crippen molar-refractivity contribution in [3.63, 3.8) is 0 Å². The zero-order valence-corrected chi connectivity index (χ0v) is 12.2. The molecule has 2 aliphatic heterocycles. The molecule has 0 bridgehead atoms. The summed E-state index contributed by atoms with van der Waals surface area (Å²) in [6.45, 7) is 10.7. The summed E-state index contributed by atoms with van der Waals surface area (Å²) >= 11 is 0. The van der Waals surface area contributed by atoms with Crippen LogP contribution in [0.1, 0.15) is 46.5 Å². The highest BCUT2D eigenvalue weighted by atomic mass is 16.2. The van der Waals surface area contributed by atoms with E-state index in [2.05, 4.69) is 30.6 Å². The summed E-state index contributed by atoms with van der Waals surface area (Å²) < 4.78 is 0. The first kappa shape index (κ1) is 13.9. The van der Waals surface area contributed by atoms with E-state index in [9.17, 15) is 4.79 Å². The normalized spacial score (nSPS) is 32.3. The summed E-state index contributed by atoms with van der Waals surface area (Å²) in [5, 5.41) is 0. The first-order valence-corrected chi connectivity index (χ1v) is 7.62. The highest BCUT2D eigenvalue weighted by Crippen LogP contribution is 2.24. The Morgan fingerprint density at radius 3 is 2.00 bits per heavy atom. The molecule has 18 heavy (non-hydrogen) atoms. The molecule has 0 aromatic carbocycles. The molecule has 1 amide bonds. The highest BCUT2D eigenvalue weighted by Gasteiger charge is 2.33. The summed E-state index contributed by atoms with van der Waals surface area (Å²) in [5.74, 6) is 1.67. The number of likely N-dealkylation sites (tertiary alicyclic amines) is 2. The fourth-order valence-corrected chi connectivity index (χ4v) is 3.21. The maximum absolute atomic E-state index is 12.5. The fourth-order valence-electron chi connectivity index (χ4n) is 3.21. The second-order valence-corrected chi connectivity index (χ2v) is 6.32. The van der Waals surface area contributed by atoms with Crippen molar-refractivity contribution in [2.24, 2.45) is 11.8 Å². The van der Waals surface area contributed by atoms with Gasteiger partial charge in [-0.15, -0.1) is 0 Å². The Hall–Kier alpha value is -0.570. The van der Waals surface area contributed by atoms with Crippen molar-refractivity contribution in [2.45, 2.75) is 52.5 Å². The fraction of sp³-hybridized carbons (Fsp3) is 0.933. The van der Waals surface area contributed by atoms with Gasteiger partial charge in [0.1, 0.15) is 0 Å². The molecule has 3 nitrogen and oxygen atoms in total. The molecular formula is C15H28N2O. The van der Waals surface area contributed by atoms with Crippen molar-refractivity contribution >= 4 is 5.91 Å². The molecule has 0 unspecified atom stereocenters. The maximum Gasteiger partial charge on any atom is 0.239 e. The molecule has 0 spiro atoms. The van der Waals surface area contributed by atoms with Gasteiger partial charge in [-0.25, -0.2) is 0 Å². The summed E-state index contributed by atoms with van der Waals surface area (Å²) in [6.07, 6.45) is 5.17. The molecule has 3 heteroatoms. The third-order valence-corrected chi connectivity index (χ3v) is 4.85. The molecule has 2 rings (SSSR count). The lowest BCUT2D eigenvalue weighted by molar-refractivity contribution is -0.135. The van der Waals surface area contributed by atoms with Gasteiger partial charge in [0, 0.05) is 13.1 Å². The second kappa shape index (κ2) is 6.05. The molecule has 0 aromatic rings. The summed E-state index contributed by atoms with van der Waals surface area (Å²) in [5.41, 5.74) is 0. The topological polar surface area (TPSA) is 23.6 Å². The van der Waals surface area contributed by atoms with Gasteiger partial charge in [-0.1, -0.05) is 26.7 Å². The Kier molecular flexibility index (Phi) is 4.66. The molecule has 2 aliphatic rings. The zero-order chi connectivity index (χ0) is 13.1.